The van der Waals surface area contributed by atoms with Crippen LogP contribution in [0.1, 0.15) is 122 Å². The summed E-state index contributed by atoms with van der Waals surface area (Å²) < 4.78 is 84.1. The number of amides is 6. The molecule has 0 aliphatic heterocycles. The number of aromatic nitrogens is 2. The van der Waals surface area contributed by atoms with Crippen molar-refractivity contribution in [2.75, 3.05) is 0 Å². The number of nitrogens with two attached hydrogens (primary N) is 2. The molecule has 6 amide bonds. The maximum absolute atomic E-state index is 16.5. The Balaban J connectivity index is 0.693. The first kappa shape index (κ1) is 88.5. The van der Waals surface area contributed by atoms with Crippen LogP contribution in [0.3, 0.4) is 0 Å². The summed E-state index contributed by atoms with van der Waals surface area (Å²) in [5.74, 6) is -5.65. The summed E-state index contributed by atoms with van der Waals surface area (Å²) in [6.45, 7) is 5.57. The number of aromatic amines is 2. The van der Waals surface area contributed by atoms with Gasteiger partial charge in [0.25, 0.3) is 0 Å². The number of benzene rings is 8. The van der Waals surface area contributed by atoms with Crippen LogP contribution in [0.5, 0.6) is 0 Å². The van der Waals surface area contributed by atoms with Crippen molar-refractivity contribution in [2.45, 2.75) is 166 Å². The molecule has 12 N–H and O–H groups in total. The van der Waals surface area contributed by atoms with Gasteiger partial charge >= 0.3 is 18.3 Å². The second-order valence-electron chi connectivity index (χ2n) is 30.3. The van der Waals surface area contributed by atoms with Crippen LogP contribution in [0.4, 0.5) is 31.9 Å². The number of H-pyrrole nitrogens is 2. The maximum Gasteiger partial charge on any atom is 0.508 e. The summed E-state index contributed by atoms with van der Waals surface area (Å²) in [5.41, 5.74) is 15.9. The zero-order chi connectivity index (χ0) is 85.9. The van der Waals surface area contributed by atoms with Crippen molar-refractivity contribution < 1.29 is 70.1 Å². The fraction of sp³-hybridized carbons (Fsp3) is 0.315. The quantitative estimate of drug-likeness (QED) is 0.00811. The van der Waals surface area contributed by atoms with E-state index in [9.17, 15) is 42.3 Å². The number of nitrogens with one attached hydrogen (secondary N) is 8. The second-order valence-corrected chi connectivity index (χ2v) is 33.0. The highest BCUT2D eigenvalue weighted by atomic mass is 35.5. The number of thiocarbonyl (C=S) groups is 2. The summed E-state index contributed by atoms with van der Waals surface area (Å²) in [6, 6.07) is 36.4. The molecule has 10 aromatic rings. The predicted octanol–water partition coefficient (Wildman–Crippen LogP) is 17.2. The number of carbonyl (C=O) groups excluding carboxylic acids is 7. The molecule has 21 nitrogen and oxygen atoms in total. The van der Waals surface area contributed by atoms with Gasteiger partial charge in [0.15, 0.2) is 0 Å². The van der Waals surface area contributed by atoms with Crippen molar-refractivity contribution in [3.8, 4) is 22.3 Å². The highest BCUT2D eigenvalue weighted by molar-refractivity contribution is 7.80. The summed E-state index contributed by atoms with van der Waals surface area (Å²) in [5, 5.41) is 20.1. The van der Waals surface area contributed by atoms with Gasteiger partial charge in [0.05, 0.1) is 43.1 Å². The van der Waals surface area contributed by atoms with E-state index in [1.807, 2.05) is 27.7 Å². The van der Waals surface area contributed by atoms with Gasteiger partial charge in [-0.3, -0.25) is 19.2 Å². The summed E-state index contributed by atoms with van der Waals surface area (Å²) in [4.78, 5) is 107. The monoisotopic (exact) mass is 1750 g/mol. The largest absolute Gasteiger partial charge is 0.508 e. The molecule has 0 spiro atoms. The highest BCUT2D eigenvalue weighted by Gasteiger charge is 2.48. The number of fused-ring (bicyclic) bond motifs is 6. The Morgan fingerprint density at radius 3 is 1.22 bits per heavy atom. The minimum atomic E-state index is -1.64. The van der Waals surface area contributed by atoms with E-state index in [0.29, 0.717) is 88.1 Å². The molecule has 2 heterocycles. The van der Waals surface area contributed by atoms with Crippen LogP contribution in [0.15, 0.2) is 158 Å². The van der Waals surface area contributed by atoms with Gasteiger partial charge < -0.3 is 72.3 Å². The first-order valence-corrected chi connectivity index (χ1v) is 41.4. The van der Waals surface area contributed by atoms with E-state index in [1.54, 1.807) is 97.1 Å². The lowest BCUT2D eigenvalue weighted by Crippen LogP contribution is -2.66. The molecule has 31 heteroatoms. The Bertz CT molecular complexity index is 5240. The third-order valence-corrected chi connectivity index (χ3v) is 24.0. The maximum atomic E-state index is 16.5. The van der Waals surface area contributed by atoms with E-state index in [-0.39, 0.29) is 119 Å². The average Bonchev–Trinajstić information content (AvgIpc) is 1.60. The normalized spacial score (nSPS) is 16.4. The van der Waals surface area contributed by atoms with Gasteiger partial charge in [-0.25, -0.2) is 31.9 Å². The number of carbonyl (C=O) groups is 7. The Hall–Kier alpha value is -10.8. The first-order chi connectivity index (χ1) is 57.4. The number of ether oxygens (including phenoxy) is 4. The molecule has 0 bridgehead atoms. The number of rotatable bonds is 32. The van der Waals surface area contributed by atoms with E-state index >= 15 is 8.78 Å². The number of halogens is 8. The van der Waals surface area contributed by atoms with Crippen molar-refractivity contribution >= 4 is 145 Å². The van der Waals surface area contributed by atoms with E-state index in [4.69, 9.17) is 101 Å². The molecule has 8 aromatic carbocycles. The average molecular weight is 1760 g/mol. The zero-order valence-electron chi connectivity index (χ0n) is 65.8. The van der Waals surface area contributed by atoms with Crippen LogP contribution < -0.4 is 43.4 Å². The molecule has 8 atom stereocenters. The Morgan fingerprint density at radius 1 is 0.483 bits per heavy atom. The smallest absolute Gasteiger partial charge is 0.445 e. The minimum Gasteiger partial charge on any atom is -0.445 e. The van der Waals surface area contributed by atoms with Crippen LogP contribution in [-0.4, -0.2) is 97.2 Å². The van der Waals surface area contributed by atoms with Gasteiger partial charge in [-0.05, 0) is 133 Å². The fourth-order valence-corrected chi connectivity index (χ4v) is 16.9. The lowest BCUT2D eigenvalue weighted by molar-refractivity contribution is -0.135. The van der Waals surface area contributed by atoms with Gasteiger partial charge in [-0.2, -0.15) is 0 Å². The molecule has 2 aliphatic carbocycles. The molecule has 12 rings (SSSR count). The standard InChI is InChI=1S/C89H88Cl4F4N10O11S2/c1-5-47(3)75(79(98)119)104-83(110)88(35-33-69-63(41-88)61-37-57(90)39-65(92)77(61)100-69)106-81(108)71(102-85(112)115-43-53-13-7-9-19-67(53)94)31-25-49-21-27-51(28-22-49)59-17-11-15-55(73(59)96)45-117-87(114)118-46-56-16-12-18-60(74(56)97)52-29-23-50(24-30-52)26-32-72(103-86(113)116-44-54-14-8-10-20-68(54)95)82(109)107-89(84(111)105-76(80(99)120)48(4)6-2)36-34-70-64(42-89)62-38-58(91)40-66(93)78(62)101-70/h7-24,27-30,37-40,47-48,71-72,75-76,100-101H,5-6,25-26,31-36,41-46H2,1-4H3,(H2,98,119)(H2,99,120)(H,102,112)(H,103,113)(H,104,110)(H,105,111)(H,106,108)(H,107,109)/t47-,48-,71-,72-,75-,76-,88+,89+/m0/s1. The second kappa shape index (κ2) is 39.1. The van der Waals surface area contributed by atoms with Crippen molar-refractivity contribution in [1.82, 2.24) is 41.9 Å². The molecule has 0 saturated heterocycles. The van der Waals surface area contributed by atoms with E-state index < -0.39 is 127 Å². The van der Waals surface area contributed by atoms with Crippen LogP contribution in [-0.2, 0) is 103 Å². The fourth-order valence-electron chi connectivity index (χ4n) is 15.2. The summed E-state index contributed by atoms with van der Waals surface area (Å²) >= 11 is 37.2. The third-order valence-electron chi connectivity index (χ3n) is 22.5. The van der Waals surface area contributed by atoms with Crippen LogP contribution in [0, 0.1) is 35.1 Å². The molecule has 120 heavy (non-hydrogen) atoms. The van der Waals surface area contributed by atoms with Gasteiger partial charge in [0.1, 0.15) is 72.9 Å². The molecule has 2 aliphatic rings. The number of aryl methyl sites for hydroxylation is 4. The van der Waals surface area contributed by atoms with Crippen molar-refractivity contribution in [2.24, 2.45) is 23.3 Å². The molecule has 0 radical (unpaired) electrons. The number of alkyl carbamates (subject to hydrolysis) is 2. The van der Waals surface area contributed by atoms with Crippen molar-refractivity contribution in [1.29, 1.82) is 0 Å². The van der Waals surface area contributed by atoms with Crippen molar-refractivity contribution in [3.63, 3.8) is 0 Å². The molecule has 0 fully saturated rings. The zero-order valence-corrected chi connectivity index (χ0v) is 70.4. The lowest BCUT2D eigenvalue weighted by atomic mass is 9.78. The SMILES string of the molecule is CC[C@H](C)[C@H](NC(=O)[C@@]1(NC(=O)[C@H](CCc2ccc(-c3cccc(COC(=O)OCc4cccc(-c5ccc(CC[C@H](NC(=O)OCc6ccccc6F)C(=O)N[C@]6(C(=O)N[C@H](C(N)=S)[C@@H](C)CC)CCc7[nH]c8c(Cl)cc(Cl)cc8c7C6)cc5)c4F)c3F)cc2)NC(=O)OCc2ccccc2F)CCc2[nH]c3c(Cl)cc(Cl)cc3c2C1)C(N)=S. The lowest BCUT2D eigenvalue weighted by Gasteiger charge is -2.39. The van der Waals surface area contributed by atoms with Gasteiger partial charge in [0.2, 0.25) is 23.6 Å². The highest BCUT2D eigenvalue weighted by Crippen LogP contribution is 2.42. The molecule has 0 saturated carbocycles. The topological polar surface area (TPSA) is 312 Å². The third kappa shape index (κ3) is 20.8. The summed E-state index contributed by atoms with van der Waals surface area (Å²) in [7, 11) is 0. The van der Waals surface area contributed by atoms with Crippen LogP contribution in [0.2, 0.25) is 20.1 Å². The summed E-state index contributed by atoms with van der Waals surface area (Å²) in [6.07, 6.45) is -1.23. The molecular formula is C89H88Cl4F4N10O11S2. The van der Waals surface area contributed by atoms with E-state index in [2.05, 4.69) is 41.9 Å². The van der Waals surface area contributed by atoms with Crippen LogP contribution in [0.25, 0.3) is 44.1 Å². The molecule has 628 valence electrons. The van der Waals surface area contributed by atoms with E-state index in [0.717, 1.165) is 11.4 Å². The van der Waals surface area contributed by atoms with Crippen LogP contribution >= 0.6 is 70.8 Å². The van der Waals surface area contributed by atoms with E-state index in [1.165, 1.54) is 60.7 Å². The molecular weight excluding hydrogens is 1670 g/mol. The molecule has 2 aromatic heterocycles. The Morgan fingerprint density at radius 2 is 0.850 bits per heavy atom. The minimum absolute atomic E-state index is 0.0138. The first-order valence-electron chi connectivity index (χ1n) is 39.1. The van der Waals surface area contributed by atoms with Gasteiger partial charge in [0, 0.05) is 78.4 Å². The Kier molecular flexibility index (Phi) is 28.9. The van der Waals surface area contributed by atoms with Crippen molar-refractivity contribution in [3.05, 3.63) is 257 Å². The van der Waals surface area contributed by atoms with Gasteiger partial charge in [-0.15, -0.1) is 0 Å². The number of hydrogen-bond acceptors (Lipinski definition) is 13. The van der Waals surface area contributed by atoms with Gasteiger partial charge in [-0.1, -0.05) is 233 Å². The Labute approximate surface area is 720 Å². The predicted molar refractivity (Wildman–Crippen MR) is 461 cm³/mol. The number of hydrogen-bond donors (Lipinski definition) is 10. The molecule has 0 unspecified atom stereocenters.